The summed E-state index contributed by atoms with van der Waals surface area (Å²) in [7, 11) is 0. The second kappa shape index (κ2) is 8.36. The number of halogens is 1. The van der Waals surface area contributed by atoms with Crippen LogP contribution in [0.5, 0.6) is 0 Å². The van der Waals surface area contributed by atoms with Gasteiger partial charge in [-0.1, -0.05) is 45.2 Å². The first kappa shape index (κ1) is 16.2. The van der Waals surface area contributed by atoms with Gasteiger partial charge < -0.3 is 4.90 Å². The molecule has 0 saturated heterocycles. The van der Waals surface area contributed by atoms with Crippen LogP contribution in [0.2, 0.25) is 5.15 Å². The Bertz CT molecular complexity index is 382. The van der Waals surface area contributed by atoms with E-state index in [0.717, 1.165) is 37.2 Å². The molecular formula is C15H26ClN3. The first-order chi connectivity index (χ1) is 9.15. The van der Waals surface area contributed by atoms with Gasteiger partial charge in [-0.3, -0.25) is 0 Å². The Labute approximate surface area is 122 Å². The third-order valence-corrected chi connectivity index (χ3v) is 3.84. The number of hydrogen-bond acceptors (Lipinski definition) is 3. The van der Waals surface area contributed by atoms with E-state index in [1.807, 2.05) is 0 Å². The molecule has 0 N–H and O–H groups in total. The molecule has 1 heterocycles. The minimum Gasteiger partial charge on any atom is -0.354 e. The normalized spacial score (nSPS) is 12.5. The van der Waals surface area contributed by atoms with E-state index in [1.165, 1.54) is 12.8 Å². The lowest BCUT2D eigenvalue weighted by molar-refractivity contribution is 0.586. The zero-order valence-corrected chi connectivity index (χ0v) is 13.4. The van der Waals surface area contributed by atoms with E-state index in [4.69, 9.17) is 11.6 Å². The number of unbranched alkanes of at least 4 members (excludes halogenated alkanes) is 1. The fraction of sp³-hybridized carbons (Fsp3) is 0.733. The van der Waals surface area contributed by atoms with Crippen molar-refractivity contribution >= 4 is 17.4 Å². The molecule has 0 spiro atoms. The van der Waals surface area contributed by atoms with Crippen molar-refractivity contribution in [1.82, 2.24) is 9.97 Å². The Morgan fingerprint density at radius 2 is 1.95 bits per heavy atom. The monoisotopic (exact) mass is 283 g/mol. The second-order valence-corrected chi connectivity index (χ2v) is 5.38. The molecule has 0 aliphatic carbocycles. The lowest BCUT2D eigenvalue weighted by atomic mass is 10.1. The maximum absolute atomic E-state index is 6.26. The van der Waals surface area contributed by atoms with Crippen LogP contribution in [0.1, 0.15) is 58.9 Å². The molecule has 19 heavy (non-hydrogen) atoms. The fourth-order valence-corrected chi connectivity index (χ4v) is 2.40. The quantitative estimate of drug-likeness (QED) is 0.658. The maximum atomic E-state index is 6.26. The summed E-state index contributed by atoms with van der Waals surface area (Å²) in [6.07, 6.45) is 7.05. The molecule has 0 aromatic carbocycles. The van der Waals surface area contributed by atoms with Crippen molar-refractivity contribution in [1.29, 1.82) is 0 Å². The van der Waals surface area contributed by atoms with E-state index < -0.39 is 0 Å². The van der Waals surface area contributed by atoms with Gasteiger partial charge in [0.25, 0.3) is 0 Å². The van der Waals surface area contributed by atoms with Crippen molar-refractivity contribution < 1.29 is 0 Å². The topological polar surface area (TPSA) is 29.0 Å². The molecule has 1 aromatic heterocycles. The molecule has 1 aromatic rings. The SMILES string of the molecule is CCCCN(c1ncnc(Cl)c1CCC)C(C)CC. The molecule has 108 valence electrons. The van der Waals surface area contributed by atoms with Crippen LogP contribution < -0.4 is 4.90 Å². The molecule has 0 fully saturated rings. The predicted octanol–water partition coefficient (Wildman–Crippen LogP) is 4.49. The van der Waals surface area contributed by atoms with Crippen molar-refractivity contribution in [2.75, 3.05) is 11.4 Å². The summed E-state index contributed by atoms with van der Waals surface area (Å²) in [6, 6.07) is 0.480. The van der Waals surface area contributed by atoms with Gasteiger partial charge in [-0.05, 0) is 26.2 Å². The standard InChI is InChI=1S/C15H26ClN3/c1-5-8-10-19(12(4)7-3)15-13(9-6-2)14(16)17-11-18-15/h11-12H,5-10H2,1-4H3. The van der Waals surface area contributed by atoms with Gasteiger partial charge in [-0.2, -0.15) is 0 Å². The Kier molecular flexibility index (Phi) is 7.14. The van der Waals surface area contributed by atoms with E-state index >= 15 is 0 Å². The van der Waals surface area contributed by atoms with Crippen molar-refractivity contribution in [3.05, 3.63) is 17.0 Å². The molecule has 1 atom stereocenters. The molecule has 0 radical (unpaired) electrons. The molecule has 1 unspecified atom stereocenters. The van der Waals surface area contributed by atoms with E-state index in [2.05, 4.69) is 42.6 Å². The number of anilines is 1. The number of nitrogens with zero attached hydrogens (tertiary/aromatic N) is 3. The number of hydrogen-bond donors (Lipinski definition) is 0. The molecule has 0 bridgehead atoms. The third kappa shape index (κ3) is 4.34. The summed E-state index contributed by atoms with van der Waals surface area (Å²) in [5.41, 5.74) is 1.10. The number of rotatable bonds is 8. The van der Waals surface area contributed by atoms with Crippen molar-refractivity contribution in [2.24, 2.45) is 0 Å². The van der Waals surface area contributed by atoms with Gasteiger partial charge in [-0.25, -0.2) is 9.97 Å². The number of aromatic nitrogens is 2. The van der Waals surface area contributed by atoms with Crippen molar-refractivity contribution in [3.8, 4) is 0 Å². The summed E-state index contributed by atoms with van der Waals surface area (Å²) in [5, 5.41) is 0.608. The highest BCUT2D eigenvalue weighted by Crippen LogP contribution is 2.27. The van der Waals surface area contributed by atoms with Gasteiger partial charge >= 0.3 is 0 Å². The van der Waals surface area contributed by atoms with Crippen LogP contribution in [-0.4, -0.2) is 22.6 Å². The van der Waals surface area contributed by atoms with Gasteiger partial charge in [-0.15, -0.1) is 0 Å². The van der Waals surface area contributed by atoms with Crippen LogP contribution in [-0.2, 0) is 6.42 Å². The first-order valence-corrected chi connectivity index (χ1v) is 7.79. The molecular weight excluding hydrogens is 258 g/mol. The molecule has 3 nitrogen and oxygen atoms in total. The average molecular weight is 284 g/mol. The highest BCUT2D eigenvalue weighted by molar-refractivity contribution is 6.30. The van der Waals surface area contributed by atoms with E-state index in [-0.39, 0.29) is 0 Å². The van der Waals surface area contributed by atoms with Gasteiger partial charge in [0.05, 0.1) is 0 Å². The lowest BCUT2D eigenvalue weighted by Gasteiger charge is -2.31. The van der Waals surface area contributed by atoms with Gasteiger partial charge in [0, 0.05) is 18.2 Å². The van der Waals surface area contributed by atoms with Crippen LogP contribution in [0.4, 0.5) is 5.82 Å². The van der Waals surface area contributed by atoms with Crippen molar-refractivity contribution in [2.45, 2.75) is 65.8 Å². The Hall–Kier alpha value is -0.830. The van der Waals surface area contributed by atoms with E-state index in [0.29, 0.717) is 11.2 Å². The lowest BCUT2D eigenvalue weighted by Crippen LogP contribution is -2.35. The van der Waals surface area contributed by atoms with E-state index in [1.54, 1.807) is 6.33 Å². The molecule has 0 aliphatic heterocycles. The zero-order chi connectivity index (χ0) is 14.3. The minimum atomic E-state index is 0.480. The Morgan fingerprint density at radius 1 is 1.21 bits per heavy atom. The van der Waals surface area contributed by atoms with Crippen LogP contribution >= 0.6 is 11.6 Å². The average Bonchev–Trinajstić information content (AvgIpc) is 2.42. The molecule has 0 saturated carbocycles. The van der Waals surface area contributed by atoms with Crippen LogP contribution in [0.15, 0.2) is 6.33 Å². The summed E-state index contributed by atoms with van der Waals surface area (Å²) in [4.78, 5) is 11.0. The molecule has 1 rings (SSSR count). The highest BCUT2D eigenvalue weighted by Gasteiger charge is 2.19. The minimum absolute atomic E-state index is 0.480. The molecule has 0 amide bonds. The fourth-order valence-electron chi connectivity index (χ4n) is 2.18. The van der Waals surface area contributed by atoms with Crippen LogP contribution in [0.25, 0.3) is 0 Å². The van der Waals surface area contributed by atoms with Gasteiger partial charge in [0.1, 0.15) is 17.3 Å². The molecule has 0 aliphatic rings. The second-order valence-electron chi connectivity index (χ2n) is 5.02. The zero-order valence-electron chi connectivity index (χ0n) is 12.6. The summed E-state index contributed by atoms with van der Waals surface area (Å²) >= 11 is 6.26. The summed E-state index contributed by atoms with van der Waals surface area (Å²) in [5.74, 6) is 1.03. The van der Waals surface area contributed by atoms with Crippen LogP contribution in [0.3, 0.4) is 0 Å². The van der Waals surface area contributed by atoms with Crippen molar-refractivity contribution in [3.63, 3.8) is 0 Å². The van der Waals surface area contributed by atoms with Crippen LogP contribution in [0, 0.1) is 0 Å². The predicted molar refractivity (Wildman–Crippen MR) is 83.0 cm³/mol. The summed E-state index contributed by atoms with van der Waals surface area (Å²) < 4.78 is 0. The smallest absolute Gasteiger partial charge is 0.137 e. The maximum Gasteiger partial charge on any atom is 0.137 e. The summed E-state index contributed by atoms with van der Waals surface area (Å²) in [6.45, 7) is 9.88. The largest absolute Gasteiger partial charge is 0.354 e. The Balaban J connectivity index is 3.09. The first-order valence-electron chi connectivity index (χ1n) is 7.41. The third-order valence-electron chi connectivity index (χ3n) is 3.52. The van der Waals surface area contributed by atoms with Gasteiger partial charge in [0.2, 0.25) is 0 Å². The molecule has 4 heteroatoms. The highest BCUT2D eigenvalue weighted by atomic mass is 35.5. The van der Waals surface area contributed by atoms with Gasteiger partial charge in [0.15, 0.2) is 0 Å². The van der Waals surface area contributed by atoms with E-state index in [9.17, 15) is 0 Å². The Morgan fingerprint density at radius 3 is 2.53 bits per heavy atom.